The van der Waals surface area contributed by atoms with E-state index in [2.05, 4.69) is 26.2 Å². The molecule has 0 saturated heterocycles. The summed E-state index contributed by atoms with van der Waals surface area (Å²) in [5, 5.41) is 2.63. The van der Waals surface area contributed by atoms with Gasteiger partial charge in [-0.1, -0.05) is 12.1 Å². The minimum absolute atomic E-state index is 0.271. The molecular formula is C13H10BrFN2O. The summed E-state index contributed by atoms with van der Waals surface area (Å²) in [6, 6.07) is 9.27. The number of carbonyl (C=O) groups is 1. The minimum Gasteiger partial charge on any atom is -0.320 e. The number of nitrogens with one attached hydrogen (secondary N) is 1. The molecule has 92 valence electrons. The van der Waals surface area contributed by atoms with Crippen molar-refractivity contribution in [1.82, 2.24) is 4.98 Å². The van der Waals surface area contributed by atoms with Crippen molar-refractivity contribution in [2.24, 2.45) is 0 Å². The largest absolute Gasteiger partial charge is 0.320 e. The first-order chi connectivity index (χ1) is 8.56. The van der Waals surface area contributed by atoms with Gasteiger partial charge in [-0.05, 0) is 52.7 Å². The predicted octanol–water partition coefficient (Wildman–Crippen LogP) is 3.54. The zero-order chi connectivity index (χ0) is 13.1. The van der Waals surface area contributed by atoms with Gasteiger partial charge in [-0.15, -0.1) is 0 Å². The van der Waals surface area contributed by atoms with Crippen molar-refractivity contribution in [2.45, 2.75) is 6.92 Å². The van der Waals surface area contributed by atoms with E-state index in [0.717, 1.165) is 5.56 Å². The molecule has 0 radical (unpaired) electrons. The number of carbonyl (C=O) groups excluding carboxylic acids is 1. The number of anilines is 1. The number of hydrogen-bond donors (Lipinski definition) is 1. The van der Waals surface area contributed by atoms with Gasteiger partial charge in [-0.2, -0.15) is 0 Å². The van der Waals surface area contributed by atoms with Crippen LogP contribution in [0.3, 0.4) is 0 Å². The van der Waals surface area contributed by atoms with E-state index in [-0.39, 0.29) is 11.6 Å². The molecule has 2 rings (SSSR count). The molecule has 0 aliphatic heterocycles. The van der Waals surface area contributed by atoms with Gasteiger partial charge >= 0.3 is 0 Å². The summed E-state index contributed by atoms with van der Waals surface area (Å²) >= 11 is 3.19. The Hall–Kier alpha value is -1.75. The molecule has 0 atom stereocenters. The highest BCUT2D eigenvalue weighted by Gasteiger charge is 2.09. The molecule has 0 unspecified atom stereocenters. The van der Waals surface area contributed by atoms with Gasteiger partial charge in [-0.25, -0.2) is 9.37 Å². The molecule has 3 nitrogen and oxygen atoms in total. The van der Waals surface area contributed by atoms with Crippen LogP contribution >= 0.6 is 15.9 Å². The molecular weight excluding hydrogens is 299 g/mol. The van der Waals surface area contributed by atoms with Gasteiger partial charge in [0, 0.05) is 5.69 Å². The van der Waals surface area contributed by atoms with Crippen LogP contribution in [0.2, 0.25) is 0 Å². The molecule has 1 heterocycles. The van der Waals surface area contributed by atoms with E-state index >= 15 is 0 Å². The van der Waals surface area contributed by atoms with Gasteiger partial charge in [0.2, 0.25) is 0 Å². The molecule has 0 spiro atoms. The van der Waals surface area contributed by atoms with E-state index in [1.807, 2.05) is 0 Å². The van der Waals surface area contributed by atoms with E-state index in [4.69, 9.17) is 0 Å². The second-order valence-corrected chi connectivity index (χ2v) is 4.57. The summed E-state index contributed by atoms with van der Waals surface area (Å²) in [6.45, 7) is 1.80. The van der Waals surface area contributed by atoms with E-state index < -0.39 is 5.82 Å². The third kappa shape index (κ3) is 2.92. The van der Waals surface area contributed by atoms with Gasteiger partial charge in [-0.3, -0.25) is 4.79 Å². The van der Waals surface area contributed by atoms with Gasteiger partial charge in [0.15, 0.2) is 0 Å². The molecule has 1 N–H and O–H groups in total. The highest BCUT2D eigenvalue weighted by atomic mass is 79.9. The number of hydrogen-bond acceptors (Lipinski definition) is 2. The maximum absolute atomic E-state index is 13.1. The third-order valence-corrected chi connectivity index (χ3v) is 2.84. The minimum atomic E-state index is -0.391. The molecule has 18 heavy (non-hydrogen) atoms. The number of aryl methyl sites for hydroxylation is 1. The van der Waals surface area contributed by atoms with Crippen LogP contribution in [0.5, 0.6) is 0 Å². The topological polar surface area (TPSA) is 42.0 Å². The lowest BCUT2D eigenvalue weighted by Gasteiger charge is -2.08. The molecule has 0 saturated carbocycles. The van der Waals surface area contributed by atoms with E-state index in [9.17, 15) is 9.18 Å². The lowest BCUT2D eigenvalue weighted by Crippen LogP contribution is -2.14. The Morgan fingerprint density at radius 2 is 2.11 bits per heavy atom. The first kappa shape index (κ1) is 12.7. The van der Waals surface area contributed by atoms with Crippen molar-refractivity contribution in [3.63, 3.8) is 0 Å². The number of pyridine rings is 1. The maximum Gasteiger partial charge on any atom is 0.274 e. The molecule has 0 bridgehead atoms. The standard InChI is InChI=1S/C13H10BrFN2O/c1-8-5-6-9(15)7-11(8)17-13(18)10-3-2-4-12(14)16-10/h2-7H,1H3,(H,17,18). The fraction of sp³-hybridized carbons (Fsp3) is 0.0769. The first-order valence-electron chi connectivity index (χ1n) is 5.26. The quantitative estimate of drug-likeness (QED) is 0.862. The smallest absolute Gasteiger partial charge is 0.274 e. The summed E-state index contributed by atoms with van der Waals surface area (Å²) in [4.78, 5) is 15.9. The molecule has 5 heteroatoms. The van der Waals surface area contributed by atoms with Crippen LogP contribution in [0, 0.1) is 12.7 Å². The van der Waals surface area contributed by atoms with Gasteiger partial charge in [0.05, 0.1) is 0 Å². The molecule has 0 fully saturated rings. The zero-order valence-corrected chi connectivity index (χ0v) is 11.2. The normalized spacial score (nSPS) is 10.2. The highest BCUT2D eigenvalue weighted by molar-refractivity contribution is 9.10. The number of rotatable bonds is 2. The SMILES string of the molecule is Cc1ccc(F)cc1NC(=O)c1cccc(Br)n1. The van der Waals surface area contributed by atoms with Crippen LogP contribution in [0.25, 0.3) is 0 Å². The van der Waals surface area contributed by atoms with Crippen LogP contribution in [-0.2, 0) is 0 Å². The second kappa shape index (κ2) is 5.27. The van der Waals surface area contributed by atoms with Gasteiger partial charge in [0.1, 0.15) is 16.1 Å². The second-order valence-electron chi connectivity index (χ2n) is 3.76. The van der Waals surface area contributed by atoms with E-state index in [1.54, 1.807) is 31.2 Å². The van der Waals surface area contributed by atoms with Gasteiger partial charge < -0.3 is 5.32 Å². The number of aromatic nitrogens is 1. The highest BCUT2D eigenvalue weighted by Crippen LogP contribution is 2.17. The Kier molecular flexibility index (Phi) is 3.72. The predicted molar refractivity (Wildman–Crippen MR) is 71.0 cm³/mol. The molecule has 2 aromatic rings. The summed E-state index contributed by atoms with van der Waals surface area (Å²) in [5.74, 6) is -0.761. The molecule has 0 aliphatic carbocycles. The van der Waals surface area contributed by atoms with Crippen molar-refractivity contribution in [3.05, 3.63) is 58.1 Å². The Morgan fingerprint density at radius 3 is 2.83 bits per heavy atom. The van der Waals surface area contributed by atoms with Crippen molar-refractivity contribution in [1.29, 1.82) is 0 Å². The third-order valence-electron chi connectivity index (χ3n) is 2.40. The average Bonchev–Trinajstić information content (AvgIpc) is 2.34. The lowest BCUT2D eigenvalue weighted by molar-refractivity contribution is 0.102. The Morgan fingerprint density at radius 1 is 1.33 bits per heavy atom. The molecule has 1 aromatic heterocycles. The molecule has 0 aliphatic rings. The number of benzene rings is 1. The van der Waals surface area contributed by atoms with Crippen molar-refractivity contribution in [2.75, 3.05) is 5.32 Å². The fourth-order valence-corrected chi connectivity index (χ4v) is 1.79. The van der Waals surface area contributed by atoms with Crippen molar-refractivity contribution in [3.8, 4) is 0 Å². The van der Waals surface area contributed by atoms with Crippen LogP contribution in [-0.4, -0.2) is 10.9 Å². The summed E-state index contributed by atoms with van der Waals surface area (Å²) in [6.07, 6.45) is 0. The van der Waals surface area contributed by atoms with E-state index in [1.165, 1.54) is 12.1 Å². The van der Waals surface area contributed by atoms with Gasteiger partial charge in [0.25, 0.3) is 5.91 Å². The summed E-state index contributed by atoms with van der Waals surface area (Å²) < 4.78 is 13.7. The van der Waals surface area contributed by atoms with Crippen molar-refractivity contribution >= 4 is 27.5 Å². The monoisotopic (exact) mass is 308 g/mol. The van der Waals surface area contributed by atoms with Crippen molar-refractivity contribution < 1.29 is 9.18 Å². The number of nitrogens with zero attached hydrogens (tertiary/aromatic N) is 1. The zero-order valence-electron chi connectivity index (χ0n) is 9.58. The van der Waals surface area contributed by atoms with Crippen LogP contribution < -0.4 is 5.32 Å². The maximum atomic E-state index is 13.1. The number of amides is 1. The Bertz CT molecular complexity index is 601. The average molecular weight is 309 g/mol. The summed E-state index contributed by atoms with van der Waals surface area (Å²) in [7, 11) is 0. The molecule has 1 aromatic carbocycles. The molecule has 1 amide bonds. The first-order valence-corrected chi connectivity index (χ1v) is 6.05. The van der Waals surface area contributed by atoms with Crippen LogP contribution in [0.15, 0.2) is 41.0 Å². The Balaban J connectivity index is 2.24. The summed E-state index contributed by atoms with van der Waals surface area (Å²) in [5.41, 5.74) is 1.51. The fourth-order valence-electron chi connectivity index (χ4n) is 1.45. The Labute approximate surface area is 112 Å². The van der Waals surface area contributed by atoms with Crippen LogP contribution in [0.1, 0.15) is 16.1 Å². The lowest BCUT2D eigenvalue weighted by atomic mass is 10.2. The number of halogens is 2. The van der Waals surface area contributed by atoms with E-state index in [0.29, 0.717) is 10.3 Å². The van der Waals surface area contributed by atoms with Crippen LogP contribution in [0.4, 0.5) is 10.1 Å².